The Hall–Kier alpha value is -3.41. The Balaban J connectivity index is 1.59. The molecule has 0 bridgehead atoms. The summed E-state index contributed by atoms with van der Waals surface area (Å²) in [5.41, 5.74) is 4.78. The van der Waals surface area contributed by atoms with Gasteiger partial charge in [-0.2, -0.15) is 0 Å². The molecule has 2 aromatic carbocycles. The molecule has 4 rings (SSSR count). The van der Waals surface area contributed by atoms with E-state index in [-0.39, 0.29) is 29.9 Å². The Morgan fingerprint density at radius 3 is 2.32 bits per heavy atom. The standard InChI is InChI=1S/C25H26N2O4/c1-14-8-15(2)10-18(9-14)26-25(30)20-13-23(29)27-21-11-17(12-22(28)24(20)21)16-4-6-19(31-3)7-5-16/h4-10,17,20H,11-13H2,1-3H3,(H,26,30)(H,27,29)/t17-,20+/m1/s1. The van der Waals surface area contributed by atoms with E-state index in [9.17, 15) is 14.4 Å². The number of anilines is 1. The van der Waals surface area contributed by atoms with Crippen LogP contribution in [0.3, 0.4) is 0 Å². The molecule has 0 unspecified atom stereocenters. The quantitative estimate of drug-likeness (QED) is 0.791. The number of nitrogens with one attached hydrogen (secondary N) is 2. The Labute approximate surface area is 181 Å². The minimum atomic E-state index is -0.770. The smallest absolute Gasteiger partial charge is 0.232 e. The molecule has 2 atom stereocenters. The number of ketones is 1. The molecule has 1 heterocycles. The Bertz CT molecular complexity index is 1060. The summed E-state index contributed by atoms with van der Waals surface area (Å²) in [6.45, 7) is 3.92. The van der Waals surface area contributed by atoms with Gasteiger partial charge in [0.05, 0.1) is 13.0 Å². The molecule has 0 fully saturated rings. The molecule has 2 aliphatic rings. The van der Waals surface area contributed by atoms with Crippen LogP contribution in [0.15, 0.2) is 53.7 Å². The number of hydrogen-bond acceptors (Lipinski definition) is 4. The second kappa shape index (κ2) is 8.38. The lowest BCUT2D eigenvalue weighted by Crippen LogP contribution is -2.43. The molecule has 0 radical (unpaired) electrons. The van der Waals surface area contributed by atoms with E-state index >= 15 is 0 Å². The van der Waals surface area contributed by atoms with E-state index in [0.29, 0.717) is 29.8 Å². The van der Waals surface area contributed by atoms with Crippen LogP contribution in [0, 0.1) is 19.8 Å². The fourth-order valence-corrected chi connectivity index (χ4v) is 4.57. The van der Waals surface area contributed by atoms with E-state index in [1.165, 1.54) is 0 Å². The van der Waals surface area contributed by atoms with Crippen molar-refractivity contribution in [1.29, 1.82) is 0 Å². The molecular weight excluding hydrogens is 392 g/mol. The number of methoxy groups -OCH3 is 1. The van der Waals surface area contributed by atoms with Crippen molar-refractivity contribution in [1.82, 2.24) is 5.32 Å². The van der Waals surface area contributed by atoms with Gasteiger partial charge in [-0.25, -0.2) is 0 Å². The van der Waals surface area contributed by atoms with Gasteiger partial charge < -0.3 is 15.4 Å². The first-order chi connectivity index (χ1) is 14.8. The molecule has 0 saturated carbocycles. The maximum atomic E-state index is 13.1. The Morgan fingerprint density at radius 2 is 1.68 bits per heavy atom. The summed E-state index contributed by atoms with van der Waals surface area (Å²) >= 11 is 0. The summed E-state index contributed by atoms with van der Waals surface area (Å²) in [6, 6.07) is 13.4. The lowest BCUT2D eigenvalue weighted by Gasteiger charge is -2.33. The van der Waals surface area contributed by atoms with Crippen LogP contribution in [-0.4, -0.2) is 24.7 Å². The van der Waals surface area contributed by atoms with Gasteiger partial charge in [0, 0.05) is 29.8 Å². The van der Waals surface area contributed by atoms with E-state index in [1.807, 2.05) is 56.3 Å². The fourth-order valence-electron chi connectivity index (χ4n) is 4.57. The first-order valence-electron chi connectivity index (χ1n) is 10.4. The van der Waals surface area contributed by atoms with Crippen molar-refractivity contribution in [3.05, 3.63) is 70.4 Å². The second-order valence-corrected chi connectivity index (χ2v) is 8.36. The number of allylic oxidation sites excluding steroid dienone is 1. The number of carbonyl (C=O) groups is 3. The number of aryl methyl sites for hydroxylation is 2. The predicted octanol–water partition coefficient (Wildman–Crippen LogP) is 3.79. The van der Waals surface area contributed by atoms with Gasteiger partial charge in [0.15, 0.2) is 5.78 Å². The van der Waals surface area contributed by atoms with Crippen molar-refractivity contribution in [3.63, 3.8) is 0 Å². The van der Waals surface area contributed by atoms with E-state index in [2.05, 4.69) is 10.6 Å². The summed E-state index contributed by atoms with van der Waals surface area (Å²) in [4.78, 5) is 38.5. The van der Waals surface area contributed by atoms with E-state index in [1.54, 1.807) is 7.11 Å². The number of carbonyl (C=O) groups excluding carboxylic acids is 3. The van der Waals surface area contributed by atoms with Crippen LogP contribution in [0.2, 0.25) is 0 Å². The molecule has 1 aliphatic heterocycles. The maximum Gasteiger partial charge on any atom is 0.232 e. The van der Waals surface area contributed by atoms with E-state index < -0.39 is 5.92 Å². The van der Waals surface area contributed by atoms with Crippen LogP contribution in [0.25, 0.3) is 0 Å². The van der Waals surface area contributed by atoms with Gasteiger partial charge >= 0.3 is 0 Å². The van der Waals surface area contributed by atoms with Gasteiger partial charge in [-0.1, -0.05) is 18.2 Å². The number of benzene rings is 2. The van der Waals surface area contributed by atoms with Crippen LogP contribution in [0.1, 0.15) is 41.9 Å². The zero-order valence-electron chi connectivity index (χ0n) is 18.0. The third-order valence-electron chi connectivity index (χ3n) is 5.93. The lowest BCUT2D eigenvalue weighted by atomic mass is 9.75. The van der Waals surface area contributed by atoms with Gasteiger partial charge in [-0.15, -0.1) is 0 Å². The van der Waals surface area contributed by atoms with Crippen LogP contribution in [-0.2, 0) is 14.4 Å². The van der Waals surface area contributed by atoms with Gasteiger partial charge in [-0.05, 0) is 67.1 Å². The first kappa shape index (κ1) is 20.8. The molecule has 6 nitrogen and oxygen atoms in total. The minimum Gasteiger partial charge on any atom is -0.497 e. The van der Waals surface area contributed by atoms with Crippen molar-refractivity contribution in [2.45, 2.75) is 39.0 Å². The highest BCUT2D eigenvalue weighted by atomic mass is 16.5. The molecule has 0 spiro atoms. The highest BCUT2D eigenvalue weighted by Crippen LogP contribution is 2.39. The SMILES string of the molecule is COc1ccc([C@H]2CC(=O)C3=C(C2)NC(=O)C[C@@H]3C(=O)Nc2cc(C)cc(C)c2)cc1. The third kappa shape index (κ3) is 4.38. The number of hydrogen-bond donors (Lipinski definition) is 2. The van der Waals surface area contributed by atoms with Crippen molar-refractivity contribution in [3.8, 4) is 5.75 Å². The molecule has 2 N–H and O–H groups in total. The fraction of sp³-hybridized carbons (Fsp3) is 0.320. The van der Waals surface area contributed by atoms with Crippen molar-refractivity contribution >= 4 is 23.3 Å². The summed E-state index contributed by atoms with van der Waals surface area (Å²) in [5.74, 6) is -0.693. The van der Waals surface area contributed by atoms with Crippen LogP contribution in [0.4, 0.5) is 5.69 Å². The molecule has 2 aromatic rings. The summed E-state index contributed by atoms with van der Waals surface area (Å²) in [5, 5.41) is 5.76. The van der Waals surface area contributed by atoms with Crippen LogP contribution < -0.4 is 15.4 Å². The Morgan fingerprint density at radius 1 is 1.00 bits per heavy atom. The number of amides is 2. The number of ether oxygens (including phenoxy) is 1. The van der Waals surface area contributed by atoms with Gasteiger partial charge in [0.25, 0.3) is 0 Å². The van der Waals surface area contributed by atoms with Gasteiger partial charge in [0.2, 0.25) is 11.8 Å². The largest absolute Gasteiger partial charge is 0.497 e. The Kier molecular flexibility index (Phi) is 5.63. The molecule has 0 saturated heterocycles. The maximum absolute atomic E-state index is 13.1. The van der Waals surface area contributed by atoms with Gasteiger partial charge in [0.1, 0.15) is 5.75 Å². The third-order valence-corrected chi connectivity index (χ3v) is 5.93. The molecule has 0 aromatic heterocycles. The van der Waals surface area contributed by atoms with Crippen molar-refractivity contribution in [2.75, 3.05) is 12.4 Å². The lowest BCUT2D eigenvalue weighted by molar-refractivity contribution is -0.129. The van der Waals surface area contributed by atoms with Crippen LogP contribution >= 0.6 is 0 Å². The first-order valence-corrected chi connectivity index (χ1v) is 10.4. The number of Topliss-reactive ketones (excluding diaryl/α,β-unsaturated/α-hetero) is 1. The van der Waals surface area contributed by atoms with Crippen molar-refractivity contribution in [2.24, 2.45) is 5.92 Å². The minimum absolute atomic E-state index is 0.0194. The highest BCUT2D eigenvalue weighted by molar-refractivity contribution is 6.09. The summed E-state index contributed by atoms with van der Waals surface area (Å²) in [6.07, 6.45) is 0.815. The predicted molar refractivity (Wildman–Crippen MR) is 118 cm³/mol. The van der Waals surface area contributed by atoms with Gasteiger partial charge in [-0.3, -0.25) is 14.4 Å². The topological polar surface area (TPSA) is 84.5 Å². The monoisotopic (exact) mass is 418 g/mol. The zero-order valence-corrected chi connectivity index (χ0v) is 18.0. The number of rotatable bonds is 4. The molecule has 2 amide bonds. The normalized spacial score (nSPS) is 20.7. The molecule has 6 heteroatoms. The second-order valence-electron chi connectivity index (χ2n) is 8.36. The van der Waals surface area contributed by atoms with Crippen LogP contribution in [0.5, 0.6) is 5.75 Å². The highest BCUT2D eigenvalue weighted by Gasteiger charge is 2.40. The molecule has 31 heavy (non-hydrogen) atoms. The van der Waals surface area contributed by atoms with E-state index in [4.69, 9.17) is 4.74 Å². The summed E-state index contributed by atoms with van der Waals surface area (Å²) < 4.78 is 5.20. The molecule has 160 valence electrons. The molecule has 1 aliphatic carbocycles. The average molecular weight is 418 g/mol. The average Bonchev–Trinajstić information content (AvgIpc) is 2.72. The molecular formula is C25H26N2O4. The van der Waals surface area contributed by atoms with Crippen molar-refractivity contribution < 1.29 is 19.1 Å². The zero-order chi connectivity index (χ0) is 22.1. The summed E-state index contributed by atoms with van der Waals surface area (Å²) in [7, 11) is 1.61. The van der Waals surface area contributed by atoms with E-state index in [0.717, 1.165) is 22.4 Å².